The maximum Gasteiger partial charge on any atom is 0.240 e. The van der Waals surface area contributed by atoms with Crippen molar-refractivity contribution in [1.29, 1.82) is 0 Å². The topological polar surface area (TPSA) is 118 Å². The predicted octanol–water partition coefficient (Wildman–Crippen LogP) is 0.993. The van der Waals surface area contributed by atoms with Gasteiger partial charge in [0, 0.05) is 12.1 Å². The Balaban J connectivity index is 3.00. The number of sulfonamides is 2. The fraction of sp³-hybridized carbons (Fsp3) is 0.538. The second-order valence-electron chi connectivity index (χ2n) is 5.41. The number of halogens is 1. The van der Waals surface area contributed by atoms with Gasteiger partial charge >= 0.3 is 0 Å². The Morgan fingerprint density at radius 2 is 1.74 bits per heavy atom. The van der Waals surface area contributed by atoms with Crippen molar-refractivity contribution in [3.8, 4) is 0 Å². The molecular formula is C13H22FN3O4S2. The molecule has 23 heavy (non-hydrogen) atoms. The summed E-state index contributed by atoms with van der Waals surface area (Å²) in [5, 5.41) is 0. The normalized spacial score (nSPS) is 13.1. The molecule has 1 aromatic rings. The Labute approximate surface area is 136 Å². The summed E-state index contributed by atoms with van der Waals surface area (Å²) in [5.74, 6) is -0.983. The number of nitrogens with one attached hydrogen (secondary N) is 2. The van der Waals surface area contributed by atoms with Gasteiger partial charge in [0.15, 0.2) is 0 Å². The van der Waals surface area contributed by atoms with Gasteiger partial charge in [-0.15, -0.1) is 0 Å². The molecule has 10 heteroatoms. The minimum atomic E-state index is -3.94. The maximum absolute atomic E-state index is 13.9. The number of rotatable bonds is 8. The molecule has 1 aromatic carbocycles. The number of hydrogen-bond acceptors (Lipinski definition) is 5. The summed E-state index contributed by atoms with van der Waals surface area (Å²) in [6.45, 7) is 3.72. The molecule has 0 atom stereocenters. The van der Waals surface area contributed by atoms with Crippen LogP contribution in [0.4, 0.5) is 10.1 Å². The van der Waals surface area contributed by atoms with E-state index >= 15 is 0 Å². The van der Waals surface area contributed by atoms with Gasteiger partial charge in [-0.3, -0.25) is 4.72 Å². The van der Waals surface area contributed by atoms with Crippen molar-refractivity contribution < 1.29 is 21.2 Å². The molecule has 4 N–H and O–H groups in total. The maximum atomic E-state index is 13.9. The zero-order valence-electron chi connectivity index (χ0n) is 13.3. The highest BCUT2D eigenvalue weighted by Gasteiger charge is 2.24. The molecule has 0 aliphatic heterocycles. The highest BCUT2D eigenvalue weighted by molar-refractivity contribution is 7.92. The quantitative estimate of drug-likeness (QED) is 0.633. The van der Waals surface area contributed by atoms with Crippen LogP contribution in [-0.2, 0) is 20.0 Å². The van der Waals surface area contributed by atoms with Crippen LogP contribution in [0.15, 0.2) is 23.1 Å². The lowest BCUT2D eigenvalue weighted by Gasteiger charge is -2.26. The van der Waals surface area contributed by atoms with Crippen LogP contribution in [-0.4, -0.2) is 35.2 Å². The van der Waals surface area contributed by atoms with Gasteiger partial charge in [0.2, 0.25) is 20.0 Å². The lowest BCUT2D eigenvalue weighted by molar-refractivity contribution is 0.391. The van der Waals surface area contributed by atoms with E-state index in [1.165, 1.54) is 0 Å². The van der Waals surface area contributed by atoms with Gasteiger partial charge < -0.3 is 5.73 Å². The van der Waals surface area contributed by atoms with Crippen LogP contribution >= 0.6 is 0 Å². The molecule has 0 heterocycles. The standard InChI is InChI=1S/C13H22FN3O4S2/c1-4-13(15,5-2)9-16-23(20,21)10-6-7-12(11(14)8-10)17-22(3,18)19/h6-8,16-17H,4-5,9,15H2,1-3H3. The average molecular weight is 367 g/mol. The molecule has 7 nitrogen and oxygen atoms in total. The summed E-state index contributed by atoms with van der Waals surface area (Å²) in [4.78, 5) is -0.302. The molecule has 0 aliphatic rings. The second-order valence-corrected chi connectivity index (χ2v) is 8.93. The van der Waals surface area contributed by atoms with Gasteiger partial charge in [0.1, 0.15) is 5.82 Å². The van der Waals surface area contributed by atoms with Gasteiger partial charge in [-0.05, 0) is 31.0 Å². The molecule has 1 rings (SSSR count). The molecule has 0 aliphatic carbocycles. The molecule has 0 unspecified atom stereocenters. The first-order valence-corrected chi connectivity index (χ1v) is 10.4. The summed E-state index contributed by atoms with van der Waals surface area (Å²) >= 11 is 0. The van der Waals surface area contributed by atoms with Gasteiger partial charge in [-0.25, -0.2) is 25.9 Å². The number of hydrogen-bond donors (Lipinski definition) is 3. The highest BCUT2D eigenvalue weighted by atomic mass is 32.2. The fourth-order valence-electron chi connectivity index (χ4n) is 1.77. The van der Waals surface area contributed by atoms with Crippen LogP contribution in [0.3, 0.4) is 0 Å². The van der Waals surface area contributed by atoms with Crippen LogP contribution in [0.5, 0.6) is 0 Å². The molecule has 0 bridgehead atoms. The number of nitrogens with two attached hydrogens (primary N) is 1. The monoisotopic (exact) mass is 367 g/mol. The second kappa shape index (κ2) is 7.12. The number of anilines is 1. The van der Waals surface area contributed by atoms with E-state index in [-0.39, 0.29) is 17.1 Å². The van der Waals surface area contributed by atoms with Crippen molar-refractivity contribution in [2.75, 3.05) is 17.5 Å². The molecule has 0 amide bonds. The van der Waals surface area contributed by atoms with Gasteiger partial charge in [0.25, 0.3) is 0 Å². The summed E-state index contributed by atoms with van der Waals surface area (Å²) in [6.07, 6.45) is 2.03. The molecule has 0 saturated heterocycles. The van der Waals surface area contributed by atoms with E-state index in [9.17, 15) is 21.2 Å². The first kappa shape index (κ1) is 19.8. The third-order valence-corrected chi connectivity index (χ3v) is 5.56. The van der Waals surface area contributed by atoms with E-state index in [0.29, 0.717) is 12.8 Å². The summed E-state index contributed by atoms with van der Waals surface area (Å²) in [6, 6.07) is 2.93. The molecule has 0 spiro atoms. The Morgan fingerprint density at radius 3 is 2.17 bits per heavy atom. The molecule has 0 saturated carbocycles. The van der Waals surface area contributed by atoms with E-state index in [2.05, 4.69) is 4.72 Å². The van der Waals surface area contributed by atoms with E-state index in [1.54, 1.807) is 0 Å². The number of benzene rings is 1. The Bertz CT molecular complexity index is 759. The summed E-state index contributed by atoms with van der Waals surface area (Å²) in [5.41, 5.74) is 5.03. The largest absolute Gasteiger partial charge is 0.324 e. The van der Waals surface area contributed by atoms with Crippen LogP contribution in [0.25, 0.3) is 0 Å². The highest BCUT2D eigenvalue weighted by Crippen LogP contribution is 2.20. The Hall–Kier alpha value is -1.23. The predicted molar refractivity (Wildman–Crippen MR) is 87.6 cm³/mol. The SMILES string of the molecule is CCC(N)(CC)CNS(=O)(=O)c1ccc(NS(C)(=O)=O)c(F)c1. The van der Waals surface area contributed by atoms with E-state index in [1.807, 2.05) is 18.6 Å². The van der Waals surface area contributed by atoms with Crippen molar-refractivity contribution >= 4 is 25.7 Å². The summed E-state index contributed by atoms with van der Waals surface area (Å²) < 4.78 is 64.8. The minimum Gasteiger partial charge on any atom is -0.324 e. The molecule has 0 radical (unpaired) electrons. The first-order valence-electron chi connectivity index (χ1n) is 6.98. The van der Waals surface area contributed by atoms with Crippen LogP contribution in [0.2, 0.25) is 0 Å². The zero-order chi connectivity index (χ0) is 17.9. The minimum absolute atomic E-state index is 0.0211. The van der Waals surface area contributed by atoms with E-state index in [0.717, 1.165) is 24.5 Å². The third kappa shape index (κ3) is 5.72. The molecular weight excluding hydrogens is 345 g/mol. The third-order valence-electron chi connectivity index (χ3n) is 3.57. The lowest BCUT2D eigenvalue weighted by Crippen LogP contribution is -2.49. The van der Waals surface area contributed by atoms with Crippen molar-refractivity contribution in [2.24, 2.45) is 5.73 Å². The molecule has 132 valence electrons. The van der Waals surface area contributed by atoms with Crippen molar-refractivity contribution in [3.05, 3.63) is 24.0 Å². The molecule has 0 aromatic heterocycles. The van der Waals surface area contributed by atoms with Crippen molar-refractivity contribution in [3.63, 3.8) is 0 Å². The zero-order valence-corrected chi connectivity index (χ0v) is 14.9. The fourth-order valence-corrected chi connectivity index (χ4v) is 3.48. The first-order chi connectivity index (χ1) is 10.4. The van der Waals surface area contributed by atoms with E-state index in [4.69, 9.17) is 5.73 Å². The van der Waals surface area contributed by atoms with Crippen molar-refractivity contribution in [2.45, 2.75) is 37.1 Å². The van der Waals surface area contributed by atoms with Crippen LogP contribution in [0.1, 0.15) is 26.7 Å². The van der Waals surface area contributed by atoms with Gasteiger partial charge in [-0.1, -0.05) is 13.8 Å². The lowest BCUT2D eigenvalue weighted by atomic mass is 9.95. The van der Waals surface area contributed by atoms with Crippen molar-refractivity contribution in [1.82, 2.24) is 4.72 Å². The molecule has 0 fully saturated rings. The summed E-state index contributed by atoms with van der Waals surface area (Å²) in [7, 11) is -7.60. The average Bonchev–Trinajstić information content (AvgIpc) is 2.45. The Morgan fingerprint density at radius 1 is 1.17 bits per heavy atom. The van der Waals surface area contributed by atoms with Crippen LogP contribution < -0.4 is 15.2 Å². The smallest absolute Gasteiger partial charge is 0.240 e. The van der Waals surface area contributed by atoms with Gasteiger partial charge in [-0.2, -0.15) is 0 Å². The van der Waals surface area contributed by atoms with Gasteiger partial charge in [0.05, 0.1) is 16.8 Å². The van der Waals surface area contributed by atoms with Crippen LogP contribution in [0, 0.1) is 5.82 Å². The van der Waals surface area contributed by atoms with E-state index < -0.39 is 31.4 Å². The Kier molecular flexibility index (Phi) is 6.13.